The van der Waals surface area contributed by atoms with Crippen LogP contribution in [0.4, 0.5) is 0 Å². The van der Waals surface area contributed by atoms with Crippen LogP contribution in [0.15, 0.2) is 0 Å². The molecule has 0 amide bonds. The van der Waals surface area contributed by atoms with Gasteiger partial charge in [-0.1, -0.05) is 0 Å². The van der Waals surface area contributed by atoms with Crippen LogP contribution in [-0.2, 0) is 0 Å². The molecule has 0 bridgehead atoms. The fraction of sp³-hybridized carbons (Fsp3) is 0.857. The van der Waals surface area contributed by atoms with E-state index in [4.69, 9.17) is 0 Å². The van der Waals surface area contributed by atoms with E-state index in [0.717, 1.165) is 19.6 Å². The minimum absolute atomic E-state index is 1.08. The van der Waals surface area contributed by atoms with Gasteiger partial charge in [0.25, 0.3) is 0 Å². The Balaban J connectivity index is 2.59. The fourth-order valence-corrected chi connectivity index (χ4v) is 1.21. The minimum Gasteiger partial charge on any atom is -0.302 e. The third-order valence-electron chi connectivity index (χ3n) is 1.86. The molecule has 0 aromatic heterocycles. The van der Waals surface area contributed by atoms with Gasteiger partial charge in [-0.25, -0.2) is 4.58 Å². The van der Waals surface area contributed by atoms with Crippen molar-refractivity contribution in [3.05, 3.63) is 0 Å². The molecule has 0 aromatic rings. The Kier molecular flexibility index (Phi) is 2.22. The van der Waals surface area contributed by atoms with Crippen molar-refractivity contribution in [1.82, 2.24) is 5.32 Å². The number of hydrogen-bond donors (Lipinski definition) is 1. The van der Waals surface area contributed by atoms with Crippen molar-refractivity contribution in [2.45, 2.75) is 13.8 Å². The van der Waals surface area contributed by atoms with Crippen LogP contribution < -0.4 is 5.32 Å². The average Bonchev–Trinajstić information content (AvgIpc) is 1.89. The van der Waals surface area contributed by atoms with E-state index in [9.17, 15) is 0 Å². The maximum absolute atomic E-state index is 3.32. The normalized spacial score (nSPS) is 20.7. The van der Waals surface area contributed by atoms with Crippen molar-refractivity contribution in [2.75, 3.05) is 26.2 Å². The molecule has 0 unspecified atom stereocenters. The molecular formula is C7H15N2+. The Morgan fingerprint density at radius 3 is 2.89 bits per heavy atom. The molecule has 1 aliphatic rings. The first kappa shape index (κ1) is 6.75. The van der Waals surface area contributed by atoms with Gasteiger partial charge in [-0.3, -0.25) is 0 Å². The summed E-state index contributed by atoms with van der Waals surface area (Å²) >= 11 is 0. The summed E-state index contributed by atoms with van der Waals surface area (Å²) in [5.41, 5.74) is 1.48. The maximum atomic E-state index is 3.32. The van der Waals surface area contributed by atoms with Gasteiger partial charge in [0.05, 0.1) is 13.1 Å². The molecule has 9 heavy (non-hydrogen) atoms. The zero-order valence-electron chi connectivity index (χ0n) is 6.28. The second-order valence-corrected chi connectivity index (χ2v) is 2.49. The molecule has 52 valence electrons. The van der Waals surface area contributed by atoms with E-state index < -0.39 is 0 Å². The van der Waals surface area contributed by atoms with E-state index in [2.05, 4.69) is 23.7 Å². The van der Waals surface area contributed by atoms with E-state index in [1.54, 1.807) is 0 Å². The van der Waals surface area contributed by atoms with E-state index in [1.807, 2.05) is 0 Å². The molecule has 0 atom stereocenters. The van der Waals surface area contributed by atoms with Crippen molar-refractivity contribution < 1.29 is 4.58 Å². The van der Waals surface area contributed by atoms with Crippen LogP contribution in [0.1, 0.15) is 13.8 Å². The van der Waals surface area contributed by atoms with Crippen molar-refractivity contribution in [2.24, 2.45) is 0 Å². The van der Waals surface area contributed by atoms with Crippen LogP contribution in [0, 0.1) is 0 Å². The molecule has 0 saturated carbocycles. The summed E-state index contributed by atoms with van der Waals surface area (Å²) in [7, 11) is 0. The second-order valence-electron chi connectivity index (χ2n) is 2.49. The average molecular weight is 127 g/mol. The van der Waals surface area contributed by atoms with Crippen LogP contribution in [-0.4, -0.2) is 36.5 Å². The highest BCUT2D eigenvalue weighted by Gasteiger charge is 2.11. The van der Waals surface area contributed by atoms with Gasteiger partial charge in [0.2, 0.25) is 0 Å². The molecular weight excluding hydrogens is 112 g/mol. The quantitative estimate of drug-likeness (QED) is 0.493. The SMILES string of the molecule is CC[N+]1=C(C)CNCC1. The fourth-order valence-electron chi connectivity index (χ4n) is 1.21. The number of rotatable bonds is 1. The summed E-state index contributed by atoms with van der Waals surface area (Å²) in [6.45, 7) is 8.96. The zero-order chi connectivity index (χ0) is 6.69. The lowest BCUT2D eigenvalue weighted by Crippen LogP contribution is -2.40. The summed E-state index contributed by atoms with van der Waals surface area (Å²) < 4.78 is 2.41. The highest BCUT2D eigenvalue weighted by Crippen LogP contribution is 1.84. The van der Waals surface area contributed by atoms with E-state index in [0.29, 0.717) is 0 Å². The number of hydrogen-bond acceptors (Lipinski definition) is 1. The molecule has 0 saturated heterocycles. The largest absolute Gasteiger partial charge is 0.302 e. The van der Waals surface area contributed by atoms with E-state index in [-0.39, 0.29) is 0 Å². The summed E-state index contributed by atoms with van der Waals surface area (Å²) in [5.74, 6) is 0. The van der Waals surface area contributed by atoms with Gasteiger partial charge in [-0.05, 0) is 6.92 Å². The van der Waals surface area contributed by atoms with Crippen LogP contribution in [0.25, 0.3) is 0 Å². The van der Waals surface area contributed by atoms with Crippen LogP contribution >= 0.6 is 0 Å². The Morgan fingerprint density at radius 1 is 1.67 bits per heavy atom. The van der Waals surface area contributed by atoms with Gasteiger partial charge in [-0.2, -0.15) is 0 Å². The number of nitrogens with zero attached hydrogens (tertiary/aromatic N) is 1. The third-order valence-corrected chi connectivity index (χ3v) is 1.86. The van der Waals surface area contributed by atoms with Gasteiger partial charge < -0.3 is 5.32 Å². The predicted molar refractivity (Wildman–Crippen MR) is 39.2 cm³/mol. The van der Waals surface area contributed by atoms with Crippen LogP contribution in [0.3, 0.4) is 0 Å². The number of nitrogens with one attached hydrogen (secondary N) is 1. The molecule has 1 N–H and O–H groups in total. The molecule has 0 fully saturated rings. The van der Waals surface area contributed by atoms with Gasteiger partial charge in [0.1, 0.15) is 6.54 Å². The summed E-state index contributed by atoms with van der Waals surface area (Å²) in [6, 6.07) is 0. The van der Waals surface area contributed by atoms with E-state index >= 15 is 0 Å². The Labute approximate surface area is 56.6 Å². The lowest BCUT2D eigenvalue weighted by atomic mass is 10.3. The molecule has 1 aliphatic heterocycles. The first-order chi connectivity index (χ1) is 4.34. The van der Waals surface area contributed by atoms with E-state index in [1.165, 1.54) is 12.3 Å². The lowest BCUT2D eigenvalue weighted by molar-refractivity contribution is -0.527. The smallest absolute Gasteiger partial charge is 0.163 e. The Hall–Kier alpha value is -0.370. The monoisotopic (exact) mass is 127 g/mol. The number of likely N-dealkylation sites (N-methyl/N-ethyl adjacent to an activating group) is 1. The van der Waals surface area contributed by atoms with Crippen molar-refractivity contribution >= 4 is 5.71 Å². The summed E-state index contributed by atoms with van der Waals surface area (Å²) in [4.78, 5) is 0. The van der Waals surface area contributed by atoms with Crippen LogP contribution in [0.2, 0.25) is 0 Å². The van der Waals surface area contributed by atoms with Gasteiger partial charge >= 0.3 is 0 Å². The summed E-state index contributed by atoms with van der Waals surface area (Å²) in [5, 5.41) is 3.32. The second kappa shape index (κ2) is 2.97. The highest BCUT2D eigenvalue weighted by molar-refractivity contribution is 5.79. The topological polar surface area (TPSA) is 15.0 Å². The third kappa shape index (κ3) is 1.52. The Bertz CT molecular complexity index is 127. The van der Waals surface area contributed by atoms with Crippen LogP contribution in [0.5, 0.6) is 0 Å². The molecule has 2 heteroatoms. The maximum Gasteiger partial charge on any atom is 0.163 e. The molecule has 1 rings (SSSR count). The van der Waals surface area contributed by atoms with Gasteiger partial charge in [-0.15, -0.1) is 0 Å². The zero-order valence-corrected chi connectivity index (χ0v) is 6.28. The first-order valence-corrected chi connectivity index (χ1v) is 3.62. The summed E-state index contributed by atoms with van der Waals surface area (Å²) in [6.07, 6.45) is 0. The molecule has 0 aliphatic carbocycles. The molecule has 2 nitrogen and oxygen atoms in total. The van der Waals surface area contributed by atoms with Crippen molar-refractivity contribution in [1.29, 1.82) is 0 Å². The Morgan fingerprint density at radius 2 is 2.44 bits per heavy atom. The minimum atomic E-state index is 1.08. The molecule has 1 heterocycles. The molecule has 0 spiro atoms. The molecule has 0 aromatic carbocycles. The lowest BCUT2D eigenvalue weighted by Gasteiger charge is -2.11. The van der Waals surface area contributed by atoms with Crippen molar-refractivity contribution in [3.8, 4) is 0 Å². The van der Waals surface area contributed by atoms with Gasteiger partial charge in [0.15, 0.2) is 12.3 Å². The molecule has 0 radical (unpaired) electrons. The predicted octanol–water partition coefficient (Wildman–Crippen LogP) is 0.0829. The standard InChI is InChI=1S/C7H15N2/c1-3-9-5-4-8-6-7(9)2/h8H,3-6H2,1-2H3/q+1. The highest BCUT2D eigenvalue weighted by atomic mass is 15.1. The first-order valence-electron chi connectivity index (χ1n) is 3.62. The van der Waals surface area contributed by atoms with Crippen molar-refractivity contribution in [3.63, 3.8) is 0 Å². The van der Waals surface area contributed by atoms with Gasteiger partial charge in [0, 0.05) is 6.92 Å².